The van der Waals surface area contributed by atoms with E-state index in [1.54, 1.807) is 13.8 Å². The first-order valence-electron chi connectivity index (χ1n) is 6.46. The number of benzene rings is 1. The largest absolute Gasteiger partial charge is 0.493 e. The summed E-state index contributed by atoms with van der Waals surface area (Å²) in [7, 11) is 0. The van der Waals surface area contributed by atoms with Crippen molar-refractivity contribution in [3.8, 4) is 5.75 Å². The summed E-state index contributed by atoms with van der Waals surface area (Å²) >= 11 is 3.50. The molecule has 1 aliphatic heterocycles. The van der Waals surface area contributed by atoms with Gasteiger partial charge in [-0.1, -0.05) is 15.9 Å². The van der Waals surface area contributed by atoms with Gasteiger partial charge in [0.05, 0.1) is 13.2 Å². The summed E-state index contributed by atoms with van der Waals surface area (Å²) in [4.78, 5) is 11.5. The number of carbonyl (C=O) groups is 1. The van der Waals surface area contributed by atoms with Crippen molar-refractivity contribution in [2.45, 2.75) is 32.9 Å². The SMILES string of the molecule is CCOC(=O)C(C)NCc1cc(Br)cc2c1OCC2. The molecule has 0 saturated heterocycles. The van der Waals surface area contributed by atoms with E-state index < -0.39 is 0 Å². The fraction of sp³-hybridized carbons (Fsp3) is 0.500. The van der Waals surface area contributed by atoms with Gasteiger partial charge in [0.15, 0.2) is 0 Å². The molecule has 1 aliphatic rings. The maximum absolute atomic E-state index is 11.5. The Kier molecular flexibility index (Phi) is 4.82. The topological polar surface area (TPSA) is 47.6 Å². The first-order chi connectivity index (χ1) is 9.11. The smallest absolute Gasteiger partial charge is 0.322 e. The van der Waals surface area contributed by atoms with Crippen LogP contribution in [-0.4, -0.2) is 25.2 Å². The fourth-order valence-electron chi connectivity index (χ4n) is 2.09. The quantitative estimate of drug-likeness (QED) is 0.844. The molecular formula is C14H18BrNO3. The minimum atomic E-state index is -0.323. The molecule has 1 aromatic carbocycles. The fourth-order valence-corrected chi connectivity index (χ4v) is 2.64. The van der Waals surface area contributed by atoms with Crippen molar-refractivity contribution < 1.29 is 14.3 Å². The molecule has 0 spiro atoms. The van der Waals surface area contributed by atoms with Gasteiger partial charge >= 0.3 is 5.97 Å². The van der Waals surface area contributed by atoms with Gasteiger partial charge in [-0.2, -0.15) is 0 Å². The lowest BCUT2D eigenvalue weighted by molar-refractivity contribution is -0.145. The Hall–Kier alpha value is -1.07. The van der Waals surface area contributed by atoms with E-state index in [1.165, 1.54) is 5.56 Å². The number of hydrogen-bond donors (Lipinski definition) is 1. The highest BCUT2D eigenvalue weighted by Gasteiger charge is 2.19. The molecule has 2 rings (SSSR count). The van der Waals surface area contributed by atoms with Gasteiger partial charge in [0.2, 0.25) is 0 Å². The molecular weight excluding hydrogens is 310 g/mol. The second-order valence-corrected chi connectivity index (χ2v) is 5.42. The summed E-state index contributed by atoms with van der Waals surface area (Å²) in [5.41, 5.74) is 2.29. The lowest BCUT2D eigenvalue weighted by Crippen LogP contribution is -2.35. The highest BCUT2D eigenvalue weighted by molar-refractivity contribution is 9.10. The number of hydrogen-bond acceptors (Lipinski definition) is 4. The van der Waals surface area contributed by atoms with Crippen molar-refractivity contribution >= 4 is 21.9 Å². The number of ether oxygens (including phenoxy) is 2. The molecule has 1 heterocycles. The maximum atomic E-state index is 11.5. The van der Waals surface area contributed by atoms with Crippen LogP contribution in [0.15, 0.2) is 16.6 Å². The monoisotopic (exact) mass is 327 g/mol. The van der Waals surface area contributed by atoms with E-state index in [9.17, 15) is 4.79 Å². The number of nitrogens with one attached hydrogen (secondary N) is 1. The molecule has 19 heavy (non-hydrogen) atoms. The van der Waals surface area contributed by atoms with Gasteiger partial charge in [-0.15, -0.1) is 0 Å². The third-order valence-electron chi connectivity index (χ3n) is 3.06. The second-order valence-electron chi connectivity index (χ2n) is 4.51. The van der Waals surface area contributed by atoms with Gasteiger partial charge in [0.1, 0.15) is 11.8 Å². The van der Waals surface area contributed by atoms with Crippen LogP contribution in [0.25, 0.3) is 0 Å². The predicted molar refractivity (Wildman–Crippen MR) is 76.3 cm³/mol. The highest BCUT2D eigenvalue weighted by atomic mass is 79.9. The zero-order chi connectivity index (χ0) is 13.8. The number of fused-ring (bicyclic) bond motifs is 1. The Morgan fingerprint density at radius 1 is 1.58 bits per heavy atom. The molecule has 1 aromatic rings. The summed E-state index contributed by atoms with van der Waals surface area (Å²) in [6.07, 6.45) is 0.940. The minimum Gasteiger partial charge on any atom is -0.493 e. The van der Waals surface area contributed by atoms with Gasteiger partial charge in [-0.05, 0) is 31.5 Å². The van der Waals surface area contributed by atoms with E-state index in [1.807, 2.05) is 6.07 Å². The molecule has 0 bridgehead atoms. The molecule has 4 nitrogen and oxygen atoms in total. The van der Waals surface area contributed by atoms with Crippen LogP contribution >= 0.6 is 15.9 Å². The normalized spacial score (nSPS) is 14.7. The molecule has 5 heteroatoms. The Bertz CT molecular complexity index is 476. The van der Waals surface area contributed by atoms with Gasteiger partial charge in [0.25, 0.3) is 0 Å². The Morgan fingerprint density at radius 3 is 3.11 bits per heavy atom. The maximum Gasteiger partial charge on any atom is 0.322 e. The van der Waals surface area contributed by atoms with Crippen molar-refractivity contribution in [3.63, 3.8) is 0 Å². The first kappa shape index (κ1) is 14.3. The van der Waals surface area contributed by atoms with Gasteiger partial charge in [0, 0.05) is 23.0 Å². The molecule has 0 fully saturated rings. The van der Waals surface area contributed by atoms with E-state index >= 15 is 0 Å². The van der Waals surface area contributed by atoms with E-state index in [0.29, 0.717) is 13.2 Å². The van der Waals surface area contributed by atoms with Crippen LogP contribution in [0, 0.1) is 0 Å². The van der Waals surface area contributed by atoms with Gasteiger partial charge in [-0.3, -0.25) is 4.79 Å². The van der Waals surface area contributed by atoms with Crippen molar-refractivity contribution in [1.29, 1.82) is 0 Å². The molecule has 104 valence electrons. The molecule has 0 aromatic heterocycles. The lowest BCUT2D eigenvalue weighted by Gasteiger charge is -2.14. The van der Waals surface area contributed by atoms with E-state index in [0.717, 1.165) is 28.8 Å². The van der Waals surface area contributed by atoms with Crippen molar-refractivity contribution in [1.82, 2.24) is 5.32 Å². The van der Waals surface area contributed by atoms with Crippen LogP contribution in [-0.2, 0) is 22.5 Å². The summed E-state index contributed by atoms with van der Waals surface area (Å²) in [6.45, 7) is 5.32. The third kappa shape index (κ3) is 3.48. The van der Waals surface area contributed by atoms with Crippen molar-refractivity contribution in [3.05, 3.63) is 27.7 Å². The number of rotatable bonds is 5. The van der Waals surface area contributed by atoms with Crippen LogP contribution in [0.2, 0.25) is 0 Å². The summed E-state index contributed by atoms with van der Waals surface area (Å²) in [5, 5.41) is 3.17. The summed E-state index contributed by atoms with van der Waals surface area (Å²) in [6, 6.07) is 3.78. The Balaban J connectivity index is 2.02. The number of halogens is 1. The van der Waals surface area contributed by atoms with Crippen LogP contribution in [0.5, 0.6) is 5.75 Å². The number of carbonyl (C=O) groups excluding carboxylic acids is 1. The average molecular weight is 328 g/mol. The van der Waals surface area contributed by atoms with E-state index in [2.05, 4.69) is 27.3 Å². The van der Waals surface area contributed by atoms with Gasteiger partial charge in [-0.25, -0.2) is 0 Å². The lowest BCUT2D eigenvalue weighted by atomic mass is 10.1. The Labute approximate surface area is 121 Å². The molecule has 1 atom stereocenters. The zero-order valence-electron chi connectivity index (χ0n) is 11.2. The first-order valence-corrected chi connectivity index (χ1v) is 7.25. The van der Waals surface area contributed by atoms with Gasteiger partial charge < -0.3 is 14.8 Å². The number of esters is 1. The summed E-state index contributed by atoms with van der Waals surface area (Å²) < 4.78 is 11.7. The average Bonchev–Trinajstić information content (AvgIpc) is 2.83. The standard InChI is InChI=1S/C14H18BrNO3/c1-3-18-14(17)9(2)16-8-11-7-12(15)6-10-4-5-19-13(10)11/h6-7,9,16H,3-5,8H2,1-2H3. The molecule has 0 saturated carbocycles. The molecule has 0 aliphatic carbocycles. The molecule has 0 radical (unpaired) electrons. The zero-order valence-corrected chi connectivity index (χ0v) is 12.7. The van der Waals surface area contributed by atoms with Crippen molar-refractivity contribution in [2.24, 2.45) is 0 Å². The predicted octanol–water partition coefficient (Wildman–Crippen LogP) is 2.43. The van der Waals surface area contributed by atoms with Crippen LogP contribution in [0.4, 0.5) is 0 Å². The van der Waals surface area contributed by atoms with E-state index in [-0.39, 0.29) is 12.0 Å². The Morgan fingerprint density at radius 2 is 2.37 bits per heavy atom. The molecule has 1 unspecified atom stereocenters. The van der Waals surface area contributed by atoms with Crippen LogP contribution < -0.4 is 10.1 Å². The van der Waals surface area contributed by atoms with E-state index in [4.69, 9.17) is 9.47 Å². The van der Waals surface area contributed by atoms with Crippen molar-refractivity contribution in [2.75, 3.05) is 13.2 Å². The molecule has 0 amide bonds. The minimum absolute atomic E-state index is 0.227. The molecule has 1 N–H and O–H groups in total. The highest BCUT2D eigenvalue weighted by Crippen LogP contribution is 2.32. The summed E-state index contributed by atoms with van der Waals surface area (Å²) in [5.74, 6) is 0.724. The van der Waals surface area contributed by atoms with Crippen LogP contribution in [0.1, 0.15) is 25.0 Å². The third-order valence-corrected chi connectivity index (χ3v) is 3.52. The van der Waals surface area contributed by atoms with Crippen LogP contribution in [0.3, 0.4) is 0 Å². The second kappa shape index (κ2) is 6.39.